The highest BCUT2D eigenvalue weighted by Crippen LogP contribution is 2.32. The van der Waals surface area contributed by atoms with Crippen molar-refractivity contribution in [1.82, 2.24) is 10.6 Å². The van der Waals surface area contributed by atoms with Crippen LogP contribution in [0.4, 0.5) is 0 Å². The number of nitrogens with one attached hydrogen (secondary N) is 2. The molecule has 0 atom stereocenters. The molecule has 5 heteroatoms. The van der Waals surface area contributed by atoms with Crippen LogP contribution in [0, 0.1) is 0 Å². The Morgan fingerprint density at radius 1 is 1.33 bits per heavy atom. The number of hydrogen-bond donors (Lipinski definition) is 2. The van der Waals surface area contributed by atoms with Gasteiger partial charge in [-0.3, -0.25) is 4.79 Å². The summed E-state index contributed by atoms with van der Waals surface area (Å²) >= 11 is 0. The molecule has 2 N–H and O–H groups in total. The summed E-state index contributed by atoms with van der Waals surface area (Å²) in [5.41, 5.74) is 0.386. The predicted molar refractivity (Wildman–Crippen MR) is 68.4 cm³/mol. The first-order valence-corrected chi connectivity index (χ1v) is 7.04. The molecule has 1 spiro atoms. The molecule has 1 amide bonds. The molecular weight excluding hydrogens is 230 g/mol. The van der Waals surface area contributed by atoms with Crippen molar-refractivity contribution in [2.24, 2.45) is 5.16 Å². The zero-order chi connectivity index (χ0) is 12.4. The third-order valence-corrected chi connectivity index (χ3v) is 4.31. The Hall–Kier alpha value is -1.10. The molecule has 1 saturated carbocycles. The van der Waals surface area contributed by atoms with Gasteiger partial charge in [-0.2, -0.15) is 0 Å². The Bertz CT molecular complexity index is 355. The first-order valence-electron chi connectivity index (χ1n) is 7.04. The number of carbonyl (C=O) groups is 1. The molecule has 1 aliphatic carbocycles. The molecule has 3 rings (SSSR count). The smallest absolute Gasteiger partial charge is 0.269 e. The van der Waals surface area contributed by atoms with Gasteiger partial charge in [0.15, 0.2) is 0 Å². The summed E-state index contributed by atoms with van der Waals surface area (Å²) in [5, 5.41) is 10.4. The molecule has 18 heavy (non-hydrogen) atoms. The molecule has 2 aliphatic heterocycles. The number of rotatable bonds is 2. The highest BCUT2D eigenvalue weighted by Gasteiger charge is 2.42. The van der Waals surface area contributed by atoms with Gasteiger partial charge in [0.05, 0.1) is 0 Å². The van der Waals surface area contributed by atoms with Crippen LogP contribution in [0.2, 0.25) is 0 Å². The van der Waals surface area contributed by atoms with E-state index in [-0.39, 0.29) is 11.5 Å². The van der Waals surface area contributed by atoms with Crippen LogP contribution in [0.25, 0.3) is 0 Å². The van der Waals surface area contributed by atoms with Crippen molar-refractivity contribution in [3.8, 4) is 0 Å². The summed E-state index contributed by atoms with van der Waals surface area (Å²) in [4.78, 5) is 17.7. The molecule has 0 unspecified atom stereocenters. The second-order valence-electron chi connectivity index (χ2n) is 5.69. The van der Waals surface area contributed by atoms with E-state index >= 15 is 0 Å². The van der Waals surface area contributed by atoms with Crippen molar-refractivity contribution in [3.05, 3.63) is 0 Å². The molecule has 0 aromatic rings. The summed E-state index contributed by atoms with van der Waals surface area (Å²) in [5.74, 6) is -0.0164. The van der Waals surface area contributed by atoms with E-state index in [2.05, 4.69) is 15.8 Å². The summed E-state index contributed by atoms with van der Waals surface area (Å²) in [6.07, 6.45) is 7.22. The fourth-order valence-electron chi connectivity index (χ4n) is 3.13. The van der Waals surface area contributed by atoms with Gasteiger partial charge in [0.25, 0.3) is 5.91 Å². The molecule has 5 nitrogen and oxygen atoms in total. The van der Waals surface area contributed by atoms with E-state index in [1.165, 1.54) is 12.8 Å². The van der Waals surface area contributed by atoms with Gasteiger partial charge in [-0.05, 0) is 25.9 Å². The molecule has 1 saturated heterocycles. The Balaban J connectivity index is 1.55. The van der Waals surface area contributed by atoms with Crippen LogP contribution < -0.4 is 10.6 Å². The lowest BCUT2D eigenvalue weighted by Gasteiger charge is -2.30. The fraction of sp³-hybridized carbons (Fsp3) is 0.846. The van der Waals surface area contributed by atoms with Gasteiger partial charge in [0, 0.05) is 25.3 Å². The maximum absolute atomic E-state index is 12.1. The number of nitrogens with zero attached hydrogens (tertiary/aromatic N) is 1. The third-order valence-electron chi connectivity index (χ3n) is 4.31. The summed E-state index contributed by atoms with van der Waals surface area (Å²) < 4.78 is 0. The average molecular weight is 251 g/mol. The fourth-order valence-corrected chi connectivity index (χ4v) is 3.13. The van der Waals surface area contributed by atoms with Crippen LogP contribution in [0.3, 0.4) is 0 Å². The number of hydrogen-bond acceptors (Lipinski definition) is 4. The van der Waals surface area contributed by atoms with Crippen molar-refractivity contribution in [2.75, 3.05) is 13.1 Å². The molecule has 3 aliphatic rings. The normalized spacial score (nSPS) is 27.0. The van der Waals surface area contributed by atoms with E-state index in [9.17, 15) is 4.79 Å². The maximum Gasteiger partial charge on any atom is 0.269 e. The first-order chi connectivity index (χ1) is 8.77. The Morgan fingerprint density at radius 3 is 2.78 bits per heavy atom. The van der Waals surface area contributed by atoms with Gasteiger partial charge in [0.1, 0.15) is 11.3 Å². The van der Waals surface area contributed by atoms with Gasteiger partial charge in [-0.25, -0.2) is 0 Å². The highest BCUT2D eigenvalue weighted by atomic mass is 16.7. The predicted octanol–water partition coefficient (Wildman–Crippen LogP) is 0.944. The number of amides is 1. The van der Waals surface area contributed by atoms with E-state index < -0.39 is 0 Å². The van der Waals surface area contributed by atoms with Crippen LogP contribution in [0.5, 0.6) is 0 Å². The van der Waals surface area contributed by atoms with E-state index in [0.717, 1.165) is 38.8 Å². The number of carbonyl (C=O) groups excluding carboxylic acids is 1. The largest absolute Gasteiger partial charge is 0.388 e. The van der Waals surface area contributed by atoms with Crippen LogP contribution >= 0.6 is 0 Å². The molecule has 100 valence electrons. The van der Waals surface area contributed by atoms with Crippen LogP contribution in [0.1, 0.15) is 44.9 Å². The van der Waals surface area contributed by atoms with E-state index in [0.29, 0.717) is 18.2 Å². The molecule has 2 heterocycles. The van der Waals surface area contributed by atoms with E-state index in [4.69, 9.17) is 4.84 Å². The van der Waals surface area contributed by atoms with Gasteiger partial charge in [-0.15, -0.1) is 0 Å². The van der Waals surface area contributed by atoms with E-state index in [1.807, 2.05) is 0 Å². The lowest BCUT2D eigenvalue weighted by Crippen LogP contribution is -2.44. The highest BCUT2D eigenvalue weighted by molar-refractivity contribution is 6.39. The Labute approximate surface area is 107 Å². The molecule has 0 radical (unpaired) electrons. The molecule has 0 aromatic heterocycles. The lowest BCUT2D eigenvalue weighted by atomic mass is 9.87. The zero-order valence-corrected chi connectivity index (χ0v) is 10.7. The van der Waals surface area contributed by atoms with Gasteiger partial charge < -0.3 is 15.5 Å². The summed E-state index contributed by atoms with van der Waals surface area (Å²) in [7, 11) is 0. The van der Waals surface area contributed by atoms with Crippen molar-refractivity contribution in [2.45, 2.75) is 56.6 Å². The summed E-state index contributed by atoms with van der Waals surface area (Å²) in [6, 6.07) is 0.352. The van der Waals surface area contributed by atoms with E-state index in [1.54, 1.807) is 0 Å². The zero-order valence-electron chi connectivity index (χ0n) is 10.7. The second-order valence-corrected chi connectivity index (χ2v) is 5.69. The SMILES string of the molecule is O=C(NC1CCCC1)C1=NOC2(CCNCC2)C1. The van der Waals surface area contributed by atoms with Crippen molar-refractivity contribution in [1.29, 1.82) is 0 Å². The number of piperidine rings is 1. The monoisotopic (exact) mass is 251 g/mol. The molecule has 0 aromatic carbocycles. The molecule has 0 bridgehead atoms. The molecular formula is C13H21N3O2. The number of oxime groups is 1. The first kappa shape index (κ1) is 12.0. The minimum absolute atomic E-state index is 0.0164. The van der Waals surface area contributed by atoms with Crippen molar-refractivity contribution >= 4 is 11.6 Å². The third kappa shape index (κ3) is 2.36. The maximum atomic E-state index is 12.1. The van der Waals surface area contributed by atoms with Crippen LogP contribution in [0.15, 0.2) is 5.16 Å². The Kier molecular flexibility index (Phi) is 3.24. The molecule has 2 fully saturated rings. The average Bonchev–Trinajstić information content (AvgIpc) is 3.01. The van der Waals surface area contributed by atoms with Gasteiger partial charge in [0.2, 0.25) is 0 Å². The topological polar surface area (TPSA) is 62.7 Å². The second kappa shape index (κ2) is 4.88. The lowest BCUT2D eigenvalue weighted by molar-refractivity contribution is -0.115. The minimum Gasteiger partial charge on any atom is -0.388 e. The van der Waals surface area contributed by atoms with Crippen LogP contribution in [-0.2, 0) is 9.63 Å². The van der Waals surface area contributed by atoms with Crippen molar-refractivity contribution in [3.63, 3.8) is 0 Å². The standard InChI is InChI=1S/C13H21N3O2/c17-12(15-10-3-1-2-4-10)11-9-13(18-16-11)5-7-14-8-6-13/h10,14H,1-9H2,(H,15,17). The van der Waals surface area contributed by atoms with Gasteiger partial charge in [-0.1, -0.05) is 18.0 Å². The van der Waals surface area contributed by atoms with Gasteiger partial charge >= 0.3 is 0 Å². The van der Waals surface area contributed by atoms with Crippen LogP contribution in [-0.4, -0.2) is 36.4 Å². The minimum atomic E-state index is -0.201. The van der Waals surface area contributed by atoms with Crippen molar-refractivity contribution < 1.29 is 9.63 Å². The summed E-state index contributed by atoms with van der Waals surface area (Å²) in [6.45, 7) is 1.90. The Morgan fingerprint density at radius 2 is 2.06 bits per heavy atom. The quantitative estimate of drug-likeness (QED) is 0.768.